The highest BCUT2D eigenvalue weighted by Crippen LogP contribution is 2.11. The quantitative estimate of drug-likeness (QED) is 0.406. The summed E-state index contributed by atoms with van der Waals surface area (Å²) in [4.78, 5) is 23.1. The lowest BCUT2D eigenvalue weighted by molar-refractivity contribution is -0.146. The van der Waals surface area contributed by atoms with E-state index >= 15 is 0 Å². The zero-order valence-corrected chi connectivity index (χ0v) is 15.3. The fourth-order valence-corrected chi connectivity index (χ4v) is 2.25. The summed E-state index contributed by atoms with van der Waals surface area (Å²) >= 11 is 3.35. The van der Waals surface area contributed by atoms with Crippen molar-refractivity contribution in [1.82, 2.24) is 0 Å². The first-order valence-electron chi connectivity index (χ1n) is 8.17. The van der Waals surface area contributed by atoms with Gasteiger partial charge in [0.2, 0.25) is 0 Å². The smallest absolute Gasteiger partial charge is 0.306 e. The Morgan fingerprint density at radius 2 is 1.57 bits per heavy atom. The van der Waals surface area contributed by atoms with Crippen LogP contribution in [0.25, 0.3) is 0 Å². The van der Waals surface area contributed by atoms with Crippen LogP contribution in [0.5, 0.6) is 0 Å². The molecule has 0 bridgehead atoms. The molecule has 0 amide bonds. The molecular formula is C18H25BrO4. The highest BCUT2D eigenvalue weighted by Gasteiger charge is 2.07. The molecule has 0 fully saturated rings. The summed E-state index contributed by atoms with van der Waals surface area (Å²) in [6.45, 7) is 2.88. The average Bonchev–Trinajstić information content (AvgIpc) is 2.54. The molecule has 0 saturated heterocycles. The average molecular weight is 385 g/mol. The Morgan fingerprint density at radius 3 is 2.22 bits per heavy atom. The molecule has 0 saturated carbocycles. The van der Waals surface area contributed by atoms with Crippen molar-refractivity contribution in [1.29, 1.82) is 0 Å². The summed E-state index contributed by atoms with van der Waals surface area (Å²) in [7, 11) is 0. The van der Waals surface area contributed by atoms with E-state index < -0.39 is 0 Å². The van der Waals surface area contributed by atoms with Crippen LogP contribution in [0.2, 0.25) is 0 Å². The van der Waals surface area contributed by atoms with Crippen LogP contribution >= 0.6 is 15.9 Å². The molecular weight excluding hydrogens is 360 g/mol. The van der Waals surface area contributed by atoms with Crippen molar-refractivity contribution in [2.45, 2.75) is 58.5 Å². The number of hydrogen-bond acceptors (Lipinski definition) is 4. The number of hydrogen-bond donors (Lipinski definition) is 0. The predicted octanol–water partition coefficient (Wildman–Crippen LogP) is 4.79. The van der Waals surface area contributed by atoms with Gasteiger partial charge in [-0.15, -0.1) is 0 Å². The van der Waals surface area contributed by atoms with E-state index in [1.165, 1.54) is 6.42 Å². The molecule has 0 unspecified atom stereocenters. The third kappa shape index (κ3) is 10.1. The molecule has 0 aliphatic rings. The Labute approximate surface area is 146 Å². The minimum absolute atomic E-state index is 0.234. The molecule has 0 N–H and O–H groups in total. The molecule has 0 heterocycles. The van der Waals surface area contributed by atoms with Crippen LogP contribution in [0.15, 0.2) is 28.7 Å². The Hall–Kier alpha value is -1.36. The second-order valence-corrected chi connectivity index (χ2v) is 6.34. The van der Waals surface area contributed by atoms with Gasteiger partial charge in [-0.3, -0.25) is 9.59 Å². The molecule has 0 aromatic heterocycles. The molecule has 1 aromatic carbocycles. The molecule has 0 aliphatic heterocycles. The minimum Gasteiger partial charge on any atom is -0.466 e. The van der Waals surface area contributed by atoms with Crippen LogP contribution in [-0.2, 0) is 25.7 Å². The van der Waals surface area contributed by atoms with Crippen molar-refractivity contribution in [2.75, 3.05) is 6.61 Å². The topological polar surface area (TPSA) is 52.6 Å². The Kier molecular flexibility index (Phi) is 10.4. The largest absolute Gasteiger partial charge is 0.466 e. The third-order valence-electron chi connectivity index (χ3n) is 3.34. The van der Waals surface area contributed by atoms with Gasteiger partial charge in [0.1, 0.15) is 6.61 Å². The summed E-state index contributed by atoms with van der Waals surface area (Å²) in [6.07, 6.45) is 5.30. The van der Waals surface area contributed by atoms with E-state index in [4.69, 9.17) is 9.47 Å². The number of ether oxygens (including phenoxy) is 2. The molecule has 0 spiro atoms. The number of halogens is 1. The molecule has 0 aliphatic carbocycles. The van der Waals surface area contributed by atoms with Gasteiger partial charge in [0.25, 0.3) is 0 Å². The molecule has 0 radical (unpaired) electrons. The van der Waals surface area contributed by atoms with Gasteiger partial charge >= 0.3 is 11.9 Å². The maximum absolute atomic E-state index is 11.6. The van der Waals surface area contributed by atoms with Crippen LogP contribution < -0.4 is 0 Å². The summed E-state index contributed by atoms with van der Waals surface area (Å²) in [5.74, 6) is -0.522. The number of esters is 2. The number of rotatable bonds is 11. The monoisotopic (exact) mass is 384 g/mol. The van der Waals surface area contributed by atoms with Crippen LogP contribution in [0.3, 0.4) is 0 Å². The fourth-order valence-electron chi connectivity index (χ4n) is 1.98. The van der Waals surface area contributed by atoms with E-state index in [1.54, 1.807) is 0 Å². The van der Waals surface area contributed by atoms with E-state index in [-0.39, 0.29) is 31.4 Å². The lowest BCUT2D eigenvalue weighted by atomic mass is 10.2. The van der Waals surface area contributed by atoms with Gasteiger partial charge in [-0.05, 0) is 30.5 Å². The van der Waals surface area contributed by atoms with E-state index in [0.29, 0.717) is 13.0 Å². The van der Waals surface area contributed by atoms with Gasteiger partial charge < -0.3 is 9.47 Å². The lowest BCUT2D eigenvalue weighted by Gasteiger charge is -2.06. The Balaban J connectivity index is 2.04. The first-order chi connectivity index (χ1) is 11.1. The summed E-state index contributed by atoms with van der Waals surface area (Å²) in [5.41, 5.74) is 0.938. The van der Waals surface area contributed by atoms with Crippen molar-refractivity contribution < 1.29 is 19.1 Å². The Bertz CT molecular complexity index is 470. The number of benzene rings is 1. The van der Waals surface area contributed by atoms with Crippen molar-refractivity contribution in [2.24, 2.45) is 0 Å². The zero-order valence-electron chi connectivity index (χ0n) is 13.7. The van der Waals surface area contributed by atoms with Crippen molar-refractivity contribution in [3.8, 4) is 0 Å². The lowest BCUT2D eigenvalue weighted by Crippen LogP contribution is -2.08. The van der Waals surface area contributed by atoms with Crippen molar-refractivity contribution in [3.05, 3.63) is 34.3 Å². The van der Waals surface area contributed by atoms with Crippen LogP contribution in [0.4, 0.5) is 0 Å². The molecule has 5 heteroatoms. The summed E-state index contributed by atoms with van der Waals surface area (Å²) in [6, 6.07) is 7.60. The van der Waals surface area contributed by atoms with E-state index in [1.807, 2.05) is 24.3 Å². The van der Waals surface area contributed by atoms with Crippen LogP contribution in [0, 0.1) is 0 Å². The summed E-state index contributed by atoms with van der Waals surface area (Å²) < 4.78 is 11.3. The van der Waals surface area contributed by atoms with E-state index in [2.05, 4.69) is 22.9 Å². The van der Waals surface area contributed by atoms with Gasteiger partial charge in [-0.1, -0.05) is 54.2 Å². The van der Waals surface area contributed by atoms with Gasteiger partial charge in [-0.25, -0.2) is 0 Å². The van der Waals surface area contributed by atoms with E-state index in [0.717, 1.165) is 29.3 Å². The first-order valence-corrected chi connectivity index (χ1v) is 8.96. The second kappa shape index (κ2) is 12.1. The Morgan fingerprint density at radius 1 is 0.913 bits per heavy atom. The van der Waals surface area contributed by atoms with E-state index in [9.17, 15) is 9.59 Å². The molecule has 1 aromatic rings. The number of carbonyl (C=O) groups excluding carboxylic acids is 2. The van der Waals surface area contributed by atoms with Gasteiger partial charge in [-0.2, -0.15) is 0 Å². The maximum Gasteiger partial charge on any atom is 0.306 e. The summed E-state index contributed by atoms with van der Waals surface area (Å²) in [5, 5.41) is 0. The standard InChI is InChI=1S/C18H25BrO4/c1-2-3-4-5-13-22-17(20)7-6-8-18(21)23-14-15-9-11-16(19)12-10-15/h9-12H,2-8,13-14H2,1H3. The maximum atomic E-state index is 11.6. The molecule has 23 heavy (non-hydrogen) atoms. The molecule has 128 valence electrons. The number of carbonyl (C=O) groups is 2. The second-order valence-electron chi connectivity index (χ2n) is 5.42. The third-order valence-corrected chi connectivity index (χ3v) is 3.86. The predicted molar refractivity (Wildman–Crippen MR) is 92.9 cm³/mol. The minimum atomic E-state index is -0.288. The van der Waals surface area contributed by atoms with Crippen molar-refractivity contribution in [3.63, 3.8) is 0 Å². The molecule has 1 rings (SSSR count). The highest BCUT2D eigenvalue weighted by atomic mass is 79.9. The van der Waals surface area contributed by atoms with Gasteiger partial charge in [0.15, 0.2) is 0 Å². The van der Waals surface area contributed by atoms with Crippen LogP contribution in [-0.4, -0.2) is 18.5 Å². The SMILES string of the molecule is CCCCCCOC(=O)CCCC(=O)OCc1ccc(Br)cc1. The zero-order chi connectivity index (χ0) is 16.9. The van der Waals surface area contributed by atoms with Crippen LogP contribution in [0.1, 0.15) is 57.4 Å². The normalized spacial score (nSPS) is 10.3. The first kappa shape index (κ1) is 19.7. The fraction of sp³-hybridized carbons (Fsp3) is 0.556. The highest BCUT2D eigenvalue weighted by molar-refractivity contribution is 9.10. The van der Waals surface area contributed by atoms with Crippen molar-refractivity contribution >= 4 is 27.9 Å². The molecule has 4 nitrogen and oxygen atoms in total. The van der Waals surface area contributed by atoms with Gasteiger partial charge in [0, 0.05) is 17.3 Å². The number of unbranched alkanes of at least 4 members (excludes halogenated alkanes) is 3. The van der Waals surface area contributed by atoms with Gasteiger partial charge in [0.05, 0.1) is 6.61 Å². The molecule has 0 atom stereocenters.